The lowest BCUT2D eigenvalue weighted by Crippen LogP contribution is -2.46. The molecule has 0 saturated carbocycles. The molecule has 1 saturated heterocycles. The third-order valence-electron chi connectivity index (χ3n) is 2.81. The molecule has 1 fully saturated rings. The van der Waals surface area contributed by atoms with Crippen molar-refractivity contribution in [3.63, 3.8) is 0 Å². The molecule has 2 N–H and O–H groups in total. The second-order valence-electron chi connectivity index (χ2n) is 4.31. The highest BCUT2D eigenvalue weighted by Gasteiger charge is 2.35. The van der Waals surface area contributed by atoms with Gasteiger partial charge in [-0.2, -0.15) is 0 Å². The fourth-order valence-electron chi connectivity index (χ4n) is 1.82. The Hall–Kier alpha value is -1.43. The van der Waals surface area contributed by atoms with E-state index in [9.17, 15) is 15.0 Å². The zero-order valence-corrected chi connectivity index (χ0v) is 9.86. The van der Waals surface area contributed by atoms with Crippen LogP contribution in [0, 0.1) is 0 Å². The summed E-state index contributed by atoms with van der Waals surface area (Å²) < 4.78 is 10.4. The monoisotopic (exact) mass is 252 g/mol. The van der Waals surface area contributed by atoms with Crippen LogP contribution in [0.25, 0.3) is 0 Å². The minimum atomic E-state index is -1.43. The summed E-state index contributed by atoms with van der Waals surface area (Å²) >= 11 is 0. The minimum absolute atomic E-state index is 0.196. The van der Waals surface area contributed by atoms with Crippen LogP contribution < -0.4 is 0 Å². The van der Waals surface area contributed by atoms with E-state index in [0.29, 0.717) is 6.61 Å². The van der Waals surface area contributed by atoms with Gasteiger partial charge in [0.05, 0.1) is 19.3 Å². The second-order valence-corrected chi connectivity index (χ2v) is 4.31. The van der Waals surface area contributed by atoms with Gasteiger partial charge in [-0.1, -0.05) is 30.3 Å². The van der Waals surface area contributed by atoms with E-state index in [1.165, 1.54) is 0 Å². The molecular formula is C13H16O5. The first-order chi connectivity index (χ1) is 8.66. The average molecular weight is 252 g/mol. The lowest BCUT2D eigenvalue weighted by molar-refractivity contribution is -0.183. The molecule has 1 aliphatic heterocycles. The van der Waals surface area contributed by atoms with E-state index in [1.54, 1.807) is 0 Å². The summed E-state index contributed by atoms with van der Waals surface area (Å²) in [6, 6.07) is 9.63. The van der Waals surface area contributed by atoms with Crippen LogP contribution in [0.5, 0.6) is 0 Å². The van der Waals surface area contributed by atoms with Gasteiger partial charge in [0.25, 0.3) is 0 Å². The molecule has 98 valence electrons. The first-order valence-electron chi connectivity index (χ1n) is 5.85. The Kier molecular flexibility index (Phi) is 4.30. The zero-order valence-electron chi connectivity index (χ0n) is 9.86. The molecule has 0 spiro atoms. The number of hydrogen-bond donors (Lipinski definition) is 2. The number of hydrogen-bond acceptors (Lipinski definition) is 5. The number of carbonyl (C=O) groups excluding carboxylic acids is 1. The van der Waals surface area contributed by atoms with E-state index >= 15 is 0 Å². The summed E-state index contributed by atoms with van der Waals surface area (Å²) in [6.45, 7) is 0.637. The number of rotatable bonds is 4. The predicted octanol–water partition coefficient (Wildman–Crippen LogP) is 0.240. The van der Waals surface area contributed by atoms with Crippen molar-refractivity contribution in [2.75, 3.05) is 6.61 Å². The number of aliphatic hydroxyl groups excluding tert-OH is 2. The van der Waals surface area contributed by atoms with Crippen molar-refractivity contribution in [1.82, 2.24) is 0 Å². The lowest BCUT2D eigenvalue weighted by atomic mass is 10.0. The molecule has 0 radical (unpaired) electrons. The topological polar surface area (TPSA) is 76.0 Å². The van der Waals surface area contributed by atoms with Gasteiger partial charge in [0, 0.05) is 6.42 Å². The first-order valence-corrected chi connectivity index (χ1v) is 5.85. The van der Waals surface area contributed by atoms with Gasteiger partial charge < -0.3 is 19.7 Å². The fourth-order valence-corrected chi connectivity index (χ4v) is 1.82. The van der Waals surface area contributed by atoms with E-state index in [4.69, 9.17) is 9.47 Å². The van der Waals surface area contributed by atoms with Crippen molar-refractivity contribution < 1.29 is 24.5 Å². The van der Waals surface area contributed by atoms with Crippen LogP contribution >= 0.6 is 0 Å². The summed E-state index contributed by atoms with van der Waals surface area (Å²) in [7, 11) is 0. The highest BCUT2D eigenvalue weighted by molar-refractivity contribution is 5.76. The Morgan fingerprint density at radius 2 is 2.00 bits per heavy atom. The van der Waals surface area contributed by atoms with Crippen LogP contribution in [-0.4, -0.2) is 41.1 Å². The van der Waals surface area contributed by atoms with Crippen LogP contribution in [0.2, 0.25) is 0 Å². The van der Waals surface area contributed by atoms with Crippen LogP contribution in [-0.2, 0) is 20.9 Å². The van der Waals surface area contributed by atoms with Gasteiger partial charge in [-0.3, -0.25) is 0 Å². The van der Waals surface area contributed by atoms with Crippen molar-refractivity contribution in [3.8, 4) is 0 Å². The normalized spacial score (nSPS) is 27.9. The molecule has 18 heavy (non-hydrogen) atoms. The minimum Gasteiger partial charge on any atom is -0.458 e. The summed E-state index contributed by atoms with van der Waals surface area (Å²) in [5.74, 6) is -0.790. The largest absolute Gasteiger partial charge is 0.458 e. The highest BCUT2D eigenvalue weighted by Crippen LogP contribution is 2.16. The van der Waals surface area contributed by atoms with Gasteiger partial charge in [0.1, 0.15) is 6.10 Å². The summed E-state index contributed by atoms with van der Waals surface area (Å²) in [5.41, 5.74) is 1.03. The molecule has 5 nitrogen and oxygen atoms in total. The predicted molar refractivity (Wildman–Crippen MR) is 62.6 cm³/mol. The third-order valence-corrected chi connectivity index (χ3v) is 2.81. The Labute approximate surface area is 105 Å². The third kappa shape index (κ3) is 3.29. The molecule has 1 aliphatic rings. The van der Waals surface area contributed by atoms with E-state index in [2.05, 4.69) is 0 Å². The van der Waals surface area contributed by atoms with Gasteiger partial charge in [-0.05, 0) is 5.56 Å². The van der Waals surface area contributed by atoms with Crippen molar-refractivity contribution in [1.29, 1.82) is 0 Å². The molecular weight excluding hydrogens is 236 g/mol. The fraction of sp³-hybridized carbons (Fsp3) is 0.462. The molecule has 1 aromatic rings. The maximum absolute atomic E-state index is 11.2. The molecule has 0 unspecified atom stereocenters. The van der Waals surface area contributed by atoms with Crippen LogP contribution in [0.15, 0.2) is 30.3 Å². The molecule has 0 aromatic heterocycles. The Morgan fingerprint density at radius 3 is 2.67 bits per heavy atom. The van der Waals surface area contributed by atoms with Crippen molar-refractivity contribution in [3.05, 3.63) is 35.9 Å². The van der Waals surface area contributed by atoms with Crippen LogP contribution in [0.3, 0.4) is 0 Å². The number of benzene rings is 1. The summed E-state index contributed by atoms with van der Waals surface area (Å²) in [5, 5.41) is 18.6. The first kappa shape index (κ1) is 13.0. The molecule has 3 atom stereocenters. The molecule has 1 heterocycles. The number of cyclic esters (lactones) is 1. The molecule has 1 aromatic carbocycles. The lowest BCUT2D eigenvalue weighted by Gasteiger charge is -2.29. The number of esters is 1. The van der Waals surface area contributed by atoms with Gasteiger partial charge >= 0.3 is 5.97 Å². The van der Waals surface area contributed by atoms with Crippen LogP contribution in [0.4, 0.5) is 0 Å². The maximum atomic E-state index is 11.2. The quantitative estimate of drug-likeness (QED) is 0.751. The number of ether oxygens (including phenoxy) is 2. The SMILES string of the molecule is O=C1O[C@@H](COCc2ccccc2)C[C@@H](O)[C@@H]1O. The highest BCUT2D eigenvalue weighted by atomic mass is 16.6. The Balaban J connectivity index is 1.76. The molecule has 0 aliphatic carbocycles. The van der Waals surface area contributed by atoms with E-state index in [-0.39, 0.29) is 13.0 Å². The number of carbonyl (C=O) groups is 1. The Morgan fingerprint density at radius 1 is 1.28 bits per heavy atom. The van der Waals surface area contributed by atoms with Gasteiger partial charge in [-0.15, -0.1) is 0 Å². The van der Waals surface area contributed by atoms with Gasteiger partial charge in [-0.25, -0.2) is 4.79 Å². The van der Waals surface area contributed by atoms with E-state index in [1.807, 2.05) is 30.3 Å². The van der Waals surface area contributed by atoms with Gasteiger partial charge in [0.2, 0.25) is 0 Å². The van der Waals surface area contributed by atoms with Crippen molar-refractivity contribution in [2.24, 2.45) is 0 Å². The molecule has 5 heteroatoms. The summed E-state index contributed by atoms with van der Waals surface area (Å²) in [4.78, 5) is 11.2. The van der Waals surface area contributed by atoms with E-state index < -0.39 is 24.3 Å². The Bertz CT molecular complexity index is 392. The second kappa shape index (κ2) is 5.95. The molecule has 2 rings (SSSR count). The van der Waals surface area contributed by atoms with Crippen molar-refractivity contribution >= 4 is 5.97 Å². The average Bonchev–Trinajstić information content (AvgIpc) is 2.37. The summed E-state index contributed by atoms with van der Waals surface area (Å²) in [6.07, 6.45) is -2.81. The van der Waals surface area contributed by atoms with E-state index in [0.717, 1.165) is 5.56 Å². The molecule has 0 bridgehead atoms. The molecule has 0 amide bonds. The standard InChI is InChI=1S/C13H16O5/c14-11-6-10(18-13(16)12(11)15)8-17-7-9-4-2-1-3-5-9/h1-5,10-12,14-15H,6-8H2/t10-,11-,12+/m1/s1. The zero-order chi connectivity index (χ0) is 13.0. The van der Waals surface area contributed by atoms with Gasteiger partial charge in [0.15, 0.2) is 6.10 Å². The maximum Gasteiger partial charge on any atom is 0.338 e. The number of aliphatic hydroxyl groups is 2. The smallest absolute Gasteiger partial charge is 0.338 e. The van der Waals surface area contributed by atoms with Crippen LogP contribution in [0.1, 0.15) is 12.0 Å². The van der Waals surface area contributed by atoms with Crippen molar-refractivity contribution in [2.45, 2.75) is 31.3 Å².